The van der Waals surface area contributed by atoms with E-state index in [1.807, 2.05) is 0 Å². The second-order valence-corrected chi connectivity index (χ2v) is 6.60. The van der Waals surface area contributed by atoms with Crippen molar-refractivity contribution in [3.05, 3.63) is 12.7 Å². The van der Waals surface area contributed by atoms with Crippen molar-refractivity contribution in [2.45, 2.75) is 41.5 Å². The summed E-state index contributed by atoms with van der Waals surface area (Å²) in [6.07, 6.45) is 6.65. The summed E-state index contributed by atoms with van der Waals surface area (Å²) in [6.45, 7) is 0. The van der Waals surface area contributed by atoms with Crippen molar-refractivity contribution in [1.82, 2.24) is 25.3 Å². The van der Waals surface area contributed by atoms with Gasteiger partial charge in [-0.1, -0.05) is 0 Å². The number of imidazole rings is 1. The normalized spacial score (nSPS) is 26.0. The van der Waals surface area contributed by atoms with Crippen molar-refractivity contribution < 1.29 is 4.79 Å². The first kappa shape index (κ1) is 14.3. The van der Waals surface area contributed by atoms with Crippen LogP contribution in [0.3, 0.4) is 0 Å². The SMILES string of the molecule is CNC1(C(N)=O)CCCC(Sc2ncnc3nc[nH]c23)C1. The topological polar surface area (TPSA) is 110 Å². The van der Waals surface area contributed by atoms with E-state index in [1.165, 1.54) is 6.33 Å². The van der Waals surface area contributed by atoms with Crippen LogP contribution >= 0.6 is 11.8 Å². The lowest BCUT2D eigenvalue weighted by molar-refractivity contribution is -0.125. The Morgan fingerprint density at radius 3 is 3.14 bits per heavy atom. The van der Waals surface area contributed by atoms with Gasteiger partial charge in [0, 0.05) is 5.25 Å². The molecule has 2 aromatic rings. The minimum atomic E-state index is -0.601. The zero-order valence-electron chi connectivity index (χ0n) is 11.8. The number of nitrogens with zero attached hydrogens (tertiary/aromatic N) is 3. The van der Waals surface area contributed by atoms with Gasteiger partial charge in [-0.05, 0) is 32.7 Å². The van der Waals surface area contributed by atoms with Crippen molar-refractivity contribution in [3.63, 3.8) is 0 Å². The number of nitrogens with two attached hydrogens (primary N) is 1. The summed E-state index contributed by atoms with van der Waals surface area (Å²) >= 11 is 1.66. The maximum absolute atomic E-state index is 11.8. The van der Waals surface area contributed by atoms with E-state index < -0.39 is 5.54 Å². The molecule has 2 heterocycles. The van der Waals surface area contributed by atoms with E-state index in [1.54, 1.807) is 25.1 Å². The van der Waals surface area contributed by atoms with Crippen molar-refractivity contribution in [3.8, 4) is 0 Å². The first-order valence-corrected chi connectivity index (χ1v) is 7.82. The van der Waals surface area contributed by atoms with E-state index in [-0.39, 0.29) is 5.91 Å². The van der Waals surface area contributed by atoms with Crippen LogP contribution in [0.15, 0.2) is 17.7 Å². The van der Waals surface area contributed by atoms with Crippen LogP contribution in [0, 0.1) is 0 Å². The van der Waals surface area contributed by atoms with Crippen LogP contribution in [0.25, 0.3) is 11.2 Å². The maximum Gasteiger partial charge on any atom is 0.237 e. The predicted molar refractivity (Wildman–Crippen MR) is 80.8 cm³/mol. The Morgan fingerprint density at radius 2 is 2.38 bits per heavy atom. The summed E-state index contributed by atoms with van der Waals surface area (Å²) in [6, 6.07) is 0. The second kappa shape index (κ2) is 5.61. The number of aromatic nitrogens is 4. The van der Waals surface area contributed by atoms with Crippen LogP contribution < -0.4 is 11.1 Å². The standard InChI is InChI=1S/C13H18N6OS/c1-15-13(12(14)20)4-2-3-8(5-13)21-11-9-10(17-6-16-9)18-7-19-11/h6-8,15H,2-5H2,1H3,(H2,14,20)(H,16,17,18,19). The lowest BCUT2D eigenvalue weighted by Gasteiger charge is -2.37. The van der Waals surface area contributed by atoms with Crippen LogP contribution in [0.1, 0.15) is 25.7 Å². The number of thioether (sulfide) groups is 1. The predicted octanol–water partition coefficient (Wildman–Crippen LogP) is 0.831. The molecule has 1 aliphatic rings. The van der Waals surface area contributed by atoms with Crippen LogP contribution in [0.4, 0.5) is 0 Å². The third kappa shape index (κ3) is 2.60. The lowest BCUT2D eigenvalue weighted by Crippen LogP contribution is -2.57. The molecular weight excluding hydrogens is 288 g/mol. The third-order valence-electron chi connectivity index (χ3n) is 4.12. The average molecular weight is 306 g/mol. The van der Waals surface area contributed by atoms with Gasteiger partial charge in [0.1, 0.15) is 16.9 Å². The fourth-order valence-electron chi connectivity index (χ4n) is 2.89. The molecule has 7 nitrogen and oxygen atoms in total. The number of carbonyl (C=O) groups excluding carboxylic acids is 1. The number of primary amides is 1. The molecule has 0 radical (unpaired) electrons. The van der Waals surface area contributed by atoms with Gasteiger partial charge in [-0.25, -0.2) is 15.0 Å². The van der Waals surface area contributed by atoms with Crippen LogP contribution in [-0.2, 0) is 4.79 Å². The molecule has 1 fully saturated rings. The molecule has 2 aromatic heterocycles. The number of hydrogen-bond donors (Lipinski definition) is 3. The van der Waals surface area contributed by atoms with Crippen molar-refractivity contribution >= 4 is 28.8 Å². The Morgan fingerprint density at radius 1 is 1.52 bits per heavy atom. The monoisotopic (exact) mass is 306 g/mol. The Labute approximate surface area is 126 Å². The summed E-state index contributed by atoms with van der Waals surface area (Å²) in [5, 5.41) is 4.29. The van der Waals surface area contributed by atoms with Crippen molar-refractivity contribution in [1.29, 1.82) is 0 Å². The van der Waals surface area contributed by atoms with Gasteiger partial charge in [0.2, 0.25) is 5.91 Å². The molecule has 2 unspecified atom stereocenters. The van der Waals surface area contributed by atoms with E-state index in [0.29, 0.717) is 17.3 Å². The summed E-state index contributed by atoms with van der Waals surface area (Å²) in [5.74, 6) is -0.273. The Balaban J connectivity index is 1.81. The number of hydrogen-bond acceptors (Lipinski definition) is 6. The number of amides is 1. The average Bonchev–Trinajstić information content (AvgIpc) is 2.97. The lowest BCUT2D eigenvalue weighted by atomic mass is 9.81. The summed E-state index contributed by atoms with van der Waals surface area (Å²) in [7, 11) is 1.80. The molecular formula is C13H18N6OS. The van der Waals surface area contributed by atoms with E-state index in [2.05, 4.69) is 25.3 Å². The molecule has 8 heteroatoms. The number of likely N-dealkylation sites (N-methyl/N-ethyl adjacent to an activating group) is 1. The van der Waals surface area contributed by atoms with Gasteiger partial charge in [-0.3, -0.25) is 4.79 Å². The molecule has 21 heavy (non-hydrogen) atoms. The number of fused-ring (bicyclic) bond motifs is 1. The smallest absolute Gasteiger partial charge is 0.237 e. The van der Waals surface area contributed by atoms with Crippen LogP contribution in [-0.4, -0.2) is 43.7 Å². The molecule has 0 aliphatic heterocycles. The third-order valence-corrected chi connectivity index (χ3v) is 5.39. The summed E-state index contributed by atoms with van der Waals surface area (Å²) < 4.78 is 0. The molecule has 0 spiro atoms. The molecule has 112 valence electrons. The highest BCUT2D eigenvalue weighted by atomic mass is 32.2. The number of H-pyrrole nitrogens is 1. The largest absolute Gasteiger partial charge is 0.368 e. The highest BCUT2D eigenvalue weighted by molar-refractivity contribution is 8.00. The van der Waals surface area contributed by atoms with Gasteiger partial charge in [0.25, 0.3) is 0 Å². The number of aromatic amines is 1. The van der Waals surface area contributed by atoms with Crippen LogP contribution in [0.5, 0.6) is 0 Å². The van der Waals surface area contributed by atoms with Crippen LogP contribution in [0.2, 0.25) is 0 Å². The van der Waals surface area contributed by atoms with Gasteiger partial charge in [0.05, 0.1) is 11.9 Å². The minimum absolute atomic E-state index is 0.273. The van der Waals surface area contributed by atoms with Gasteiger partial charge in [-0.15, -0.1) is 11.8 Å². The fraction of sp³-hybridized carbons (Fsp3) is 0.538. The van der Waals surface area contributed by atoms with Gasteiger partial charge < -0.3 is 16.0 Å². The fourth-order valence-corrected chi connectivity index (χ4v) is 4.23. The number of rotatable bonds is 4. The molecule has 0 bridgehead atoms. The Bertz CT molecular complexity index is 659. The number of carbonyl (C=O) groups is 1. The van der Waals surface area contributed by atoms with E-state index >= 15 is 0 Å². The Hall–Kier alpha value is -1.67. The minimum Gasteiger partial charge on any atom is -0.368 e. The van der Waals surface area contributed by atoms with Gasteiger partial charge in [-0.2, -0.15) is 0 Å². The molecule has 4 N–H and O–H groups in total. The first-order valence-electron chi connectivity index (χ1n) is 6.94. The molecule has 3 rings (SSSR count). The van der Waals surface area contributed by atoms with Gasteiger partial charge in [0.15, 0.2) is 5.65 Å². The zero-order chi connectivity index (χ0) is 14.9. The summed E-state index contributed by atoms with van der Waals surface area (Å²) in [4.78, 5) is 27.4. The van der Waals surface area contributed by atoms with Gasteiger partial charge >= 0.3 is 0 Å². The number of nitrogens with one attached hydrogen (secondary N) is 2. The molecule has 1 amide bonds. The second-order valence-electron chi connectivity index (χ2n) is 5.31. The van der Waals surface area contributed by atoms with E-state index in [4.69, 9.17) is 5.73 Å². The highest BCUT2D eigenvalue weighted by Gasteiger charge is 2.40. The quantitative estimate of drug-likeness (QED) is 0.722. The van der Waals surface area contributed by atoms with E-state index in [0.717, 1.165) is 29.8 Å². The highest BCUT2D eigenvalue weighted by Crippen LogP contribution is 2.38. The Kier molecular flexibility index (Phi) is 3.81. The molecule has 1 aliphatic carbocycles. The van der Waals surface area contributed by atoms with Crippen molar-refractivity contribution in [2.24, 2.45) is 5.73 Å². The van der Waals surface area contributed by atoms with Crippen molar-refractivity contribution in [2.75, 3.05) is 7.05 Å². The molecule has 0 saturated heterocycles. The maximum atomic E-state index is 11.8. The molecule has 2 atom stereocenters. The molecule has 1 saturated carbocycles. The first-order chi connectivity index (χ1) is 10.1. The molecule has 0 aromatic carbocycles. The zero-order valence-corrected chi connectivity index (χ0v) is 12.6. The summed E-state index contributed by atoms with van der Waals surface area (Å²) in [5.41, 5.74) is 6.50. The van der Waals surface area contributed by atoms with E-state index in [9.17, 15) is 4.79 Å².